The van der Waals surface area contributed by atoms with Crippen LogP contribution in [0.5, 0.6) is 0 Å². The van der Waals surface area contributed by atoms with Gasteiger partial charge in [0.15, 0.2) is 0 Å². The summed E-state index contributed by atoms with van der Waals surface area (Å²) in [6.45, 7) is 7.49. The Morgan fingerprint density at radius 3 is 2.94 bits per heavy atom. The third kappa shape index (κ3) is 4.72. The summed E-state index contributed by atoms with van der Waals surface area (Å²) >= 11 is 1.62. The molecule has 1 heterocycles. The summed E-state index contributed by atoms with van der Waals surface area (Å²) in [6.07, 6.45) is 2.33. The number of aryl methyl sites for hydroxylation is 1. The van der Waals surface area contributed by atoms with Gasteiger partial charge in [-0.1, -0.05) is 6.92 Å². The van der Waals surface area contributed by atoms with Crippen molar-refractivity contribution in [2.75, 3.05) is 6.54 Å². The molecule has 0 saturated carbocycles. The minimum Gasteiger partial charge on any atom is -0.351 e. The van der Waals surface area contributed by atoms with E-state index < -0.39 is 0 Å². The highest BCUT2D eigenvalue weighted by Crippen LogP contribution is 2.10. The van der Waals surface area contributed by atoms with Gasteiger partial charge in [-0.3, -0.25) is 4.79 Å². The first kappa shape index (κ1) is 13.1. The number of aromatic nitrogens is 1. The molecule has 1 unspecified atom stereocenters. The lowest BCUT2D eigenvalue weighted by atomic mass is 10.2. The lowest BCUT2D eigenvalue weighted by molar-refractivity contribution is -0.121. The first-order chi connectivity index (χ1) is 7.61. The summed E-state index contributed by atoms with van der Waals surface area (Å²) in [7, 11) is 0. The van der Waals surface area contributed by atoms with Crippen LogP contribution in [0.2, 0.25) is 0 Å². The molecule has 1 rings (SSSR count). The highest BCUT2D eigenvalue weighted by Gasteiger charge is 2.07. The molecule has 0 radical (unpaired) electrons. The number of hydrogen-bond acceptors (Lipinski definition) is 4. The highest BCUT2D eigenvalue weighted by atomic mass is 32.1. The van der Waals surface area contributed by atoms with Crippen LogP contribution >= 0.6 is 11.3 Å². The molecule has 1 aromatic rings. The van der Waals surface area contributed by atoms with E-state index in [9.17, 15) is 4.79 Å². The Bertz CT molecular complexity index is 338. The average Bonchev–Trinajstić information content (AvgIpc) is 2.61. The summed E-state index contributed by atoms with van der Waals surface area (Å²) in [4.78, 5) is 16.8. The van der Waals surface area contributed by atoms with Crippen LogP contribution in [-0.2, 0) is 11.3 Å². The lowest BCUT2D eigenvalue weighted by Crippen LogP contribution is -2.33. The Labute approximate surface area is 100 Å². The standard InChI is InChI=1S/C11H19N3OS/c1-4-12-8(2)5-11(15)14-7-10-6-13-9(3)16-10/h6,8,12H,4-5,7H2,1-3H3,(H,14,15). The van der Waals surface area contributed by atoms with Crippen LogP contribution in [0.25, 0.3) is 0 Å². The molecule has 16 heavy (non-hydrogen) atoms. The Morgan fingerprint density at radius 1 is 1.62 bits per heavy atom. The van der Waals surface area contributed by atoms with Gasteiger partial charge in [-0.2, -0.15) is 0 Å². The second kappa shape index (κ2) is 6.60. The van der Waals surface area contributed by atoms with E-state index in [1.54, 1.807) is 11.3 Å². The summed E-state index contributed by atoms with van der Waals surface area (Å²) in [6, 6.07) is 0.230. The van der Waals surface area contributed by atoms with Gasteiger partial charge >= 0.3 is 0 Å². The molecule has 0 spiro atoms. The first-order valence-corrected chi connectivity index (χ1v) is 6.34. The molecule has 0 aliphatic rings. The van der Waals surface area contributed by atoms with Crippen molar-refractivity contribution in [1.82, 2.24) is 15.6 Å². The van der Waals surface area contributed by atoms with Crippen molar-refractivity contribution in [1.29, 1.82) is 0 Å². The van der Waals surface area contributed by atoms with Gasteiger partial charge in [0.25, 0.3) is 0 Å². The molecule has 0 saturated heterocycles. The molecule has 1 aromatic heterocycles. The molecule has 2 N–H and O–H groups in total. The third-order valence-corrected chi connectivity index (χ3v) is 3.09. The van der Waals surface area contributed by atoms with Gasteiger partial charge in [0.1, 0.15) is 0 Å². The van der Waals surface area contributed by atoms with Crippen LogP contribution < -0.4 is 10.6 Å². The van der Waals surface area contributed by atoms with Gasteiger partial charge in [-0.15, -0.1) is 11.3 Å². The second-order valence-corrected chi connectivity index (χ2v) is 5.10. The van der Waals surface area contributed by atoms with E-state index in [-0.39, 0.29) is 11.9 Å². The van der Waals surface area contributed by atoms with E-state index in [4.69, 9.17) is 0 Å². The zero-order chi connectivity index (χ0) is 12.0. The maximum atomic E-state index is 11.5. The van der Waals surface area contributed by atoms with Crippen LogP contribution in [0.1, 0.15) is 30.2 Å². The maximum Gasteiger partial charge on any atom is 0.221 e. The quantitative estimate of drug-likeness (QED) is 0.792. The fourth-order valence-electron chi connectivity index (χ4n) is 1.44. The predicted octanol–water partition coefficient (Wildman–Crippen LogP) is 1.46. The number of thiazole rings is 1. The van der Waals surface area contributed by atoms with Crippen molar-refractivity contribution < 1.29 is 4.79 Å². The van der Waals surface area contributed by atoms with E-state index in [1.165, 1.54) is 0 Å². The largest absolute Gasteiger partial charge is 0.351 e. The van der Waals surface area contributed by atoms with Crippen molar-refractivity contribution in [2.24, 2.45) is 0 Å². The number of nitrogens with zero attached hydrogens (tertiary/aromatic N) is 1. The van der Waals surface area contributed by atoms with E-state index >= 15 is 0 Å². The fraction of sp³-hybridized carbons (Fsp3) is 0.636. The Balaban J connectivity index is 2.25. The Kier molecular flexibility index (Phi) is 5.42. The summed E-state index contributed by atoms with van der Waals surface area (Å²) < 4.78 is 0. The number of rotatable bonds is 6. The lowest BCUT2D eigenvalue weighted by Gasteiger charge is -2.11. The smallest absolute Gasteiger partial charge is 0.221 e. The second-order valence-electron chi connectivity index (χ2n) is 3.79. The van der Waals surface area contributed by atoms with Gasteiger partial charge in [-0.05, 0) is 20.4 Å². The fourth-order valence-corrected chi connectivity index (χ4v) is 2.18. The first-order valence-electron chi connectivity index (χ1n) is 5.53. The average molecular weight is 241 g/mol. The van der Waals surface area contributed by atoms with Gasteiger partial charge < -0.3 is 10.6 Å². The van der Waals surface area contributed by atoms with Crippen LogP contribution in [-0.4, -0.2) is 23.5 Å². The van der Waals surface area contributed by atoms with Gasteiger partial charge in [0.05, 0.1) is 11.6 Å². The van der Waals surface area contributed by atoms with Gasteiger partial charge in [-0.25, -0.2) is 4.98 Å². The number of carbonyl (C=O) groups is 1. The number of carbonyl (C=O) groups excluding carboxylic acids is 1. The Hall–Kier alpha value is -0.940. The van der Waals surface area contributed by atoms with Crippen LogP contribution in [0.3, 0.4) is 0 Å². The molecule has 4 nitrogen and oxygen atoms in total. The minimum atomic E-state index is 0.0829. The topological polar surface area (TPSA) is 54.0 Å². The van der Waals surface area contributed by atoms with Crippen molar-refractivity contribution >= 4 is 17.2 Å². The normalized spacial score (nSPS) is 12.4. The number of nitrogens with one attached hydrogen (secondary N) is 2. The van der Waals surface area contributed by atoms with Gasteiger partial charge in [0, 0.05) is 23.5 Å². The molecule has 5 heteroatoms. The zero-order valence-electron chi connectivity index (χ0n) is 10.0. The number of amides is 1. The van der Waals surface area contributed by atoms with Crippen molar-refractivity contribution in [3.05, 3.63) is 16.1 Å². The van der Waals surface area contributed by atoms with Crippen LogP contribution in [0.4, 0.5) is 0 Å². The molecule has 0 fully saturated rings. The van der Waals surface area contributed by atoms with Crippen molar-refractivity contribution in [3.8, 4) is 0 Å². The molecule has 1 atom stereocenters. The third-order valence-electron chi connectivity index (χ3n) is 2.17. The predicted molar refractivity (Wildman–Crippen MR) is 66.5 cm³/mol. The Morgan fingerprint density at radius 2 is 2.38 bits per heavy atom. The van der Waals surface area contributed by atoms with E-state index in [2.05, 4.69) is 15.6 Å². The van der Waals surface area contributed by atoms with Crippen LogP contribution in [0.15, 0.2) is 6.20 Å². The molecule has 0 aliphatic heterocycles. The van der Waals surface area contributed by atoms with Crippen LogP contribution in [0, 0.1) is 6.92 Å². The highest BCUT2D eigenvalue weighted by molar-refractivity contribution is 7.11. The molecule has 0 aliphatic carbocycles. The van der Waals surface area contributed by atoms with Gasteiger partial charge in [0.2, 0.25) is 5.91 Å². The minimum absolute atomic E-state index is 0.0829. The summed E-state index contributed by atoms with van der Waals surface area (Å²) in [5.74, 6) is 0.0829. The summed E-state index contributed by atoms with van der Waals surface area (Å²) in [5, 5.41) is 7.13. The summed E-state index contributed by atoms with van der Waals surface area (Å²) in [5.41, 5.74) is 0. The molecular formula is C11H19N3OS. The molecule has 90 valence electrons. The molecule has 0 aromatic carbocycles. The zero-order valence-corrected chi connectivity index (χ0v) is 10.9. The maximum absolute atomic E-state index is 11.5. The van der Waals surface area contributed by atoms with E-state index in [1.807, 2.05) is 27.0 Å². The molecular weight excluding hydrogens is 222 g/mol. The van der Waals surface area contributed by atoms with E-state index in [0.29, 0.717) is 13.0 Å². The molecule has 0 bridgehead atoms. The van der Waals surface area contributed by atoms with E-state index in [0.717, 1.165) is 16.4 Å². The SMILES string of the molecule is CCNC(C)CC(=O)NCc1cnc(C)s1. The monoisotopic (exact) mass is 241 g/mol. The molecule has 1 amide bonds. The number of hydrogen-bond donors (Lipinski definition) is 2. The van der Waals surface area contributed by atoms with Crippen molar-refractivity contribution in [2.45, 2.75) is 39.8 Å². The van der Waals surface area contributed by atoms with Crippen molar-refractivity contribution in [3.63, 3.8) is 0 Å².